The normalized spacial score (nSPS) is 12.6. The Hall–Kier alpha value is -0.423. The number of aromatic nitrogens is 1. The third kappa shape index (κ3) is 3.37. The van der Waals surface area contributed by atoms with Crippen molar-refractivity contribution >= 4 is 24.2 Å². The Labute approximate surface area is 125 Å². The molecule has 0 aliphatic rings. The van der Waals surface area contributed by atoms with E-state index in [-0.39, 0.29) is 5.75 Å². The molecule has 0 bridgehead atoms. The van der Waals surface area contributed by atoms with Gasteiger partial charge in [-0.1, -0.05) is 41.5 Å². The zero-order chi connectivity index (χ0) is 14.8. The molecule has 0 saturated carbocycles. The zero-order valence-electron chi connectivity index (χ0n) is 12.5. The molecule has 0 N–H and O–H groups in total. The second-order valence-corrected chi connectivity index (χ2v) is 12.0. The van der Waals surface area contributed by atoms with E-state index in [0.717, 1.165) is 0 Å². The predicted octanol–water partition coefficient (Wildman–Crippen LogP) is 5.54. The third-order valence-corrected chi connectivity index (χ3v) is 10.2. The van der Waals surface area contributed by atoms with Crippen molar-refractivity contribution in [3.05, 3.63) is 22.7 Å². The Morgan fingerprint density at radius 2 is 1.53 bits per heavy atom. The van der Waals surface area contributed by atoms with Gasteiger partial charge in [0.15, 0.2) is 5.75 Å². The first kappa shape index (κ1) is 16.6. The zero-order valence-corrected chi connectivity index (χ0v) is 15.1. The average molecular weight is 348 g/mol. The van der Waals surface area contributed by atoms with Crippen molar-refractivity contribution in [1.82, 2.24) is 4.98 Å². The van der Waals surface area contributed by atoms with E-state index in [1.54, 1.807) is 12.1 Å². The van der Waals surface area contributed by atoms with Crippen LogP contribution in [0.5, 0.6) is 5.75 Å². The molecule has 0 aliphatic heterocycles. The number of halogens is 2. The van der Waals surface area contributed by atoms with E-state index in [1.165, 1.54) is 0 Å². The highest BCUT2D eigenvalue weighted by Gasteiger charge is 2.47. The second kappa shape index (κ2) is 6.35. The Morgan fingerprint density at radius 3 is 1.89 bits per heavy atom. The number of nitrogens with zero attached hydrogens (tertiary/aromatic N) is 1. The number of pyridine rings is 1. The van der Waals surface area contributed by atoms with Crippen LogP contribution in [0.15, 0.2) is 16.7 Å². The van der Waals surface area contributed by atoms with Crippen molar-refractivity contribution < 1.29 is 8.82 Å². The van der Waals surface area contributed by atoms with Crippen LogP contribution in [-0.4, -0.2) is 13.3 Å². The fourth-order valence-electron chi connectivity index (χ4n) is 3.02. The van der Waals surface area contributed by atoms with E-state index in [9.17, 15) is 4.39 Å². The Bertz CT molecular complexity index is 416. The van der Waals surface area contributed by atoms with Crippen LogP contribution >= 0.6 is 15.9 Å². The van der Waals surface area contributed by atoms with Crippen LogP contribution in [0.25, 0.3) is 0 Å². The molecule has 2 nitrogen and oxygen atoms in total. The molecule has 0 unspecified atom stereocenters. The quantitative estimate of drug-likeness (QED) is 0.515. The minimum atomic E-state index is -2.11. The Balaban J connectivity index is 3.21. The molecule has 0 saturated heterocycles. The van der Waals surface area contributed by atoms with E-state index < -0.39 is 14.3 Å². The lowest BCUT2D eigenvalue weighted by Gasteiger charge is -2.42. The Morgan fingerprint density at radius 1 is 1.05 bits per heavy atom. The molecular formula is C14H23BrFNOSi. The summed E-state index contributed by atoms with van der Waals surface area (Å²) in [7, 11) is -2.11. The number of rotatable bonds is 5. The molecule has 0 spiro atoms. The molecule has 0 fully saturated rings. The van der Waals surface area contributed by atoms with Gasteiger partial charge in [-0.15, -0.1) is 0 Å². The van der Waals surface area contributed by atoms with Crippen molar-refractivity contribution in [3.63, 3.8) is 0 Å². The number of hydrogen-bond donors (Lipinski definition) is 0. The van der Waals surface area contributed by atoms with Gasteiger partial charge in [-0.3, -0.25) is 0 Å². The molecular weight excluding hydrogens is 325 g/mol. The average Bonchev–Trinajstić information content (AvgIpc) is 2.26. The van der Waals surface area contributed by atoms with Crippen LogP contribution in [-0.2, 0) is 0 Å². The van der Waals surface area contributed by atoms with Crippen LogP contribution in [0.2, 0.25) is 16.6 Å². The van der Waals surface area contributed by atoms with Gasteiger partial charge < -0.3 is 4.43 Å². The fraction of sp³-hybridized carbons (Fsp3) is 0.643. The van der Waals surface area contributed by atoms with Crippen LogP contribution in [0.4, 0.5) is 4.39 Å². The molecule has 0 aromatic carbocycles. The van der Waals surface area contributed by atoms with Gasteiger partial charge >= 0.3 is 0 Å². The summed E-state index contributed by atoms with van der Waals surface area (Å²) in [6.07, 6.45) is 0. The van der Waals surface area contributed by atoms with Gasteiger partial charge in [0.2, 0.25) is 0 Å². The highest BCUT2D eigenvalue weighted by atomic mass is 79.9. The van der Waals surface area contributed by atoms with Crippen molar-refractivity contribution in [2.75, 3.05) is 0 Å². The third-order valence-electron chi connectivity index (χ3n) is 3.77. The summed E-state index contributed by atoms with van der Waals surface area (Å²) in [6, 6.07) is 3.39. The lowest BCUT2D eigenvalue weighted by Crippen LogP contribution is -2.50. The van der Waals surface area contributed by atoms with Gasteiger partial charge in [0.1, 0.15) is 4.60 Å². The van der Waals surface area contributed by atoms with E-state index >= 15 is 0 Å². The molecule has 0 amide bonds. The molecule has 0 radical (unpaired) electrons. The minimum absolute atomic E-state index is 0.283. The molecule has 1 aromatic heterocycles. The van der Waals surface area contributed by atoms with Crippen molar-refractivity contribution in [1.29, 1.82) is 0 Å². The topological polar surface area (TPSA) is 22.1 Å². The molecule has 0 atom stereocenters. The molecule has 19 heavy (non-hydrogen) atoms. The van der Waals surface area contributed by atoms with Crippen molar-refractivity contribution in [2.24, 2.45) is 0 Å². The fourth-order valence-corrected chi connectivity index (χ4v) is 8.55. The summed E-state index contributed by atoms with van der Waals surface area (Å²) in [4.78, 5) is 3.78. The van der Waals surface area contributed by atoms with Gasteiger partial charge in [0, 0.05) is 0 Å². The van der Waals surface area contributed by atoms with E-state index in [0.29, 0.717) is 21.2 Å². The van der Waals surface area contributed by atoms with Crippen LogP contribution in [0, 0.1) is 5.95 Å². The maximum absolute atomic E-state index is 13.9. The van der Waals surface area contributed by atoms with Crippen LogP contribution in [0.1, 0.15) is 41.5 Å². The van der Waals surface area contributed by atoms with Gasteiger partial charge in [0.05, 0.1) is 0 Å². The van der Waals surface area contributed by atoms with Crippen LogP contribution in [0.3, 0.4) is 0 Å². The highest BCUT2D eigenvalue weighted by Crippen LogP contribution is 2.43. The molecule has 1 heterocycles. The first-order valence-corrected chi connectivity index (χ1v) is 9.66. The van der Waals surface area contributed by atoms with E-state index in [2.05, 4.69) is 62.5 Å². The summed E-state index contributed by atoms with van der Waals surface area (Å²) in [5, 5.41) is 0. The summed E-state index contributed by atoms with van der Waals surface area (Å²) < 4.78 is 20.7. The largest absolute Gasteiger partial charge is 0.540 e. The van der Waals surface area contributed by atoms with Gasteiger partial charge in [0.25, 0.3) is 14.3 Å². The highest BCUT2D eigenvalue weighted by molar-refractivity contribution is 9.10. The van der Waals surface area contributed by atoms with Gasteiger partial charge in [-0.2, -0.15) is 4.39 Å². The maximum Gasteiger partial charge on any atom is 0.258 e. The second-order valence-electron chi connectivity index (χ2n) is 5.84. The molecule has 1 rings (SSSR count). The van der Waals surface area contributed by atoms with E-state index in [1.807, 2.05) is 0 Å². The smallest absolute Gasteiger partial charge is 0.258 e. The SMILES string of the molecule is CC(C)[Si](Oc1ccc(Br)nc1F)(C(C)C)C(C)C. The molecule has 0 aliphatic carbocycles. The minimum Gasteiger partial charge on any atom is -0.540 e. The predicted molar refractivity (Wildman–Crippen MR) is 83.6 cm³/mol. The lowest BCUT2D eigenvalue weighted by molar-refractivity contribution is 0.433. The summed E-state index contributed by atoms with van der Waals surface area (Å²) in [6.45, 7) is 13.1. The van der Waals surface area contributed by atoms with Crippen molar-refractivity contribution in [2.45, 2.75) is 58.2 Å². The maximum atomic E-state index is 13.9. The van der Waals surface area contributed by atoms with Gasteiger partial charge in [-0.25, -0.2) is 4.98 Å². The van der Waals surface area contributed by atoms with Crippen molar-refractivity contribution in [3.8, 4) is 5.75 Å². The first-order chi connectivity index (χ1) is 8.71. The monoisotopic (exact) mass is 347 g/mol. The summed E-state index contributed by atoms with van der Waals surface area (Å²) in [5.41, 5.74) is 1.24. The van der Waals surface area contributed by atoms with Crippen LogP contribution < -0.4 is 4.43 Å². The lowest BCUT2D eigenvalue weighted by atomic mass is 10.5. The van der Waals surface area contributed by atoms with E-state index in [4.69, 9.17) is 4.43 Å². The van der Waals surface area contributed by atoms with Gasteiger partial charge in [-0.05, 0) is 44.7 Å². The molecule has 1 aromatic rings. The summed E-state index contributed by atoms with van der Waals surface area (Å²) >= 11 is 3.17. The molecule has 108 valence electrons. The Kier molecular flexibility index (Phi) is 5.56. The molecule has 5 heteroatoms. The first-order valence-electron chi connectivity index (χ1n) is 6.72. The summed E-state index contributed by atoms with van der Waals surface area (Å²) in [5.74, 6) is -0.251. The number of hydrogen-bond acceptors (Lipinski definition) is 2. The standard InChI is InChI=1S/C14H23BrFNOSi/c1-9(2)19(10(3)4,11(5)6)18-12-7-8-13(15)17-14(12)16/h7-11H,1-6H3.